The van der Waals surface area contributed by atoms with Gasteiger partial charge in [-0.15, -0.1) is 0 Å². The third-order valence-corrected chi connectivity index (χ3v) is 6.31. The first kappa shape index (κ1) is 21.0. The van der Waals surface area contributed by atoms with Crippen LogP contribution in [0.5, 0.6) is 0 Å². The number of nitro groups is 1. The fourth-order valence-corrected chi connectivity index (χ4v) is 5.09. The van der Waals surface area contributed by atoms with Gasteiger partial charge in [0.2, 0.25) is 0 Å². The average Bonchev–Trinajstić information content (AvgIpc) is 3.04. The minimum absolute atomic E-state index is 0.0359. The number of non-ortho nitro benzene ring substituents is 1. The standard InChI is InChI=1S/C26H22N2O5/c1-14(29)33-25-18-10-5-4-9-17(18)24-23(25)21(15-7-6-8-16(11-15)28(31)32)22-19(27-24)12-26(2,3)13-20(22)30/h4-11,21H,12-13H2,1-3H3. The van der Waals surface area contributed by atoms with E-state index < -0.39 is 16.8 Å². The summed E-state index contributed by atoms with van der Waals surface area (Å²) in [5.74, 6) is -0.774. The number of esters is 1. The first-order chi connectivity index (χ1) is 15.7. The summed E-state index contributed by atoms with van der Waals surface area (Å²) in [5.41, 5.74) is 4.34. The van der Waals surface area contributed by atoms with E-state index in [-0.39, 0.29) is 16.9 Å². The second-order valence-electron chi connectivity index (χ2n) is 9.43. The fraction of sp³-hybridized carbons (Fsp3) is 0.269. The minimum atomic E-state index is -0.613. The van der Waals surface area contributed by atoms with Crippen molar-refractivity contribution in [3.05, 3.63) is 92.2 Å². The molecule has 1 aliphatic heterocycles. The Morgan fingerprint density at radius 2 is 1.82 bits per heavy atom. The summed E-state index contributed by atoms with van der Waals surface area (Å²) >= 11 is 0. The van der Waals surface area contributed by atoms with Gasteiger partial charge in [-0.25, -0.2) is 0 Å². The average molecular weight is 442 g/mol. The number of allylic oxidation sites excluding steroid dienone is 3. The molecule has 7 heteroatoms. The molecule has 0 amide bonds. The quantitative estimate of drug-likeness (QED) is 0.374. The number of nitrogens with zero attached hydrogens (tertiary/aromatic N) is 2. The molecular weight excluding hydrogens is 420 g/mol. The Morgan fingerprint density at radius 1 is 1.09 bits per heavy atom. The van der Waals surface area contributed by atoms with Gasteiger partial charge in [-0.2, -0.15) is 0 Å². The van der Waals surface area contributed by atoms with Crippen molar-refractivity contribution in [1.82, 2.24) is 0 Å². The lowest BCUT2D eigenvalue weighted by Gasteiger charge is -2.37. The van der Waals surface area contributed by atoms with Crippen molar-refractivity contribution in [2.45, 2.75) is 39.5 Å². The molecule has 1 heterocycles. The molecule has 2 aromatic carbocycles. The predicted molar refractivity (Wildman–Crippen MR) is 123 cm³/mol. The van der Waals surface area contributed by atoms with E-state index in [9.17, 15) is 19.7 Å². The summed E-state index contributed by atoms with van der Waals surface area (Å²) in [6.07, 6.45) is 0.965. The molecule has 5 rings (SSSR count). The highest BCUT2D eigenvalue weighted by molar-refractivity contribution is 6.26. The number of nitro benzene ring substituents is 1. The Kier molecular flexibility index (Phi) is 4.67. The summed E-state index contributed by atoms with van der Waals surface area (Å²) < 4.78 is 5.68. The van der Waals surface area contributed by atoms with Crippen LogP contribution in [0.25, 0.3) is 5.76 Å². The van der Waals surface area contributed by atoms with Gasteiger partial charge in [0, 0.05) is 59.4 Å². The van der Waals surface area contributed by atoms with E-state index in [2.05, 4.69) is 0 Å². The second kappa shape index (κ2) is 7.33. The third-order valence-electron chi connectivity index (χ3n) is 6.31. The Bertz CT molecular complexity index is 1350. The third kappa shape index (κ3) is 3.40. The summed E-state index contributed by atoms with van der Waals surface area (Å²) in [4.78, 5) is 41.5. The predicted octanol–water partition coefficient (Wildman–Crippen LogP) is 5.11. The Hall–Kier alpha value is -3.87. The van der Waals surface area contributed by atoms with Crippen LogP contribution in [0.4, 0.5) is 5.69 Å². The van der Waals surface area contributed by atoms with E-state index in [1.165, 1.54) is 19.1 Å². The highest BCUT2D eigenvalue weighted by Crippen LogP contribution is 2.52. The topological polar surface area (TPSA) is 98.9 Å². The number of carbonyl (C=O) groups is 2. The van der Waals surface area contributed by atoms with Crippen molar-refractivity contribution in [2.75, 3.05) is 0 Å². The van der Waals surface area contributed by atoms with Crippen LogP contribution in [-0.4, -0.2) is 22.4 Å². The first-order valence-electron chi connectivity index (χ1n) is 10.8. The molecule has 2 aromatic rings. The van der Waals surface area contributed by atoms with Gasteiger partial charge in [0.1, 0.15) is 5.76 Å². The largest absolute Gasteiger partial charge is 0.426 e. The van der Waals surface area contributed by atoms with Gasteiger partial charge in [-0.1, -0.05) is 50.2 Å². The van der Waals surface area contributed by atoms with Crippen LogP contribution < -0.4 is 0 Å². The van der Waals surface area contributed by atoms with Gasteiger partial charge in [0.15, 0.2) is 5.78 Å². The van der Waals surface area contributed by atoms with Crippen molar-refractivity contribution < 1.29 is 19.2 Å². The summed E-state index contributed by atoms with van der Waals surface area (Å²) in [6, 6.07) is 13.8. The molecule has 3 aliphatic rings. The number of ketones is 1. The molecule has 0 radical (unpaired) electrons. The molecule has 0 fully saturated rings. The maximum Gasteiger partial charge on any atom is 0.308 e. The maximum absolute atomic E-state index is 13.4. The number of hydrogen-bond donors (Lipinski definition) is 0. The second-order valence-corrected chi connectivity index (χ2v) is 9.43. The molecule has 7 nitrogen and oxygen atoms in total. The van der Waals surface area contributed by atoms with Crippen LogP contribution in [0, 0.1) is 15.5 Å². The van der Waals surface area contributed by atoms with Crippen molar-refractivity contribution in [3.8, 4) is 0 Å². The molecule has 0 aromatic heterocycles. The van der Waals surface area contributed by atoms with Crippen LogP contribution in [0.1, 0.15) is 56.2 Å². The summed E-state index contributed by atoms with van der Waals surface area (Å²) in [6.45, 7) is 5.40. The molecule has 0 N–H and O–H groups in total. The van der Waals surface area contributed by atoms with Crippen molar-refractivity contribution in [1.29, 1.82) is 0 Å². The SMILES string of the molecule is CC(=O)OC1=C2C(=NC3=C(C(=O)CC(C)(C)C3)C2c2cccc([N+](=O)[O-])c2)c2ccccc21. The minimum Gasteiger partial charge on any atom is -0.426 e. The Labute approximate surface area is 190 Å². The molecule has 2 aliphatic carbocycles. The van der Waals surface area contributed by atoms with Gasteiger partial charge >= 0.3 is 5.97 Å². The van der Waals surface area contributed by atoms with Crippen molar-refractivity contribution in [2.24, 2.45) is 10.4 Å². The number of benzene rings is 2. The van der Waals surface area contributed by atoms with Crippen LogP contribution in [0.3, 0.4) is 0 Å². The van der Waals surface area contributed by atoms with E-state index >= 15 is 0 Å². The van der Waals surface area contributed by atoms with Gasteiger partial charge < -0.3 is 4.74 Å². The van der Waals surface area contributed by atoms with Crippen molar-refractivity contribution in [3.63, 3.8) is 0 Å². The zero-order valence-corrected chi connectivity index (χ0v) is 18.5. The number of aliphatic imine (C=N–C) groups is 1. The van der Waals surface area contributed by atoms with E-state index in [1.807, 2.05) is 38.1 Å². The molecule has 0 bridgehead atoms. The molecule has 0 spiro atoms. The zero-order chi connectivity index (χ0) is 23.5. The molecule has 1 atom stereocenters. The van der Waals surface area contributed by atoms with Crippen LogP contribution in [0.2, 0.25) is 0 Å². The Morgan fingerprint density at radius 3 is 2.52 bits per heavy atom. The van der Waals surface area contributed by atoms with Crippen LogP contribution in [-0.2, 0) is 14.3 Å². The number of rotatable bonds is 3. The monoisotopic (exact) mass is 442 g/mol. The van der Waals surface area contributed by atoms with Gasteiger partial charge in [0.05, 0.1) is 10.6 Å². The lowest BCUT2D eigenvalue weighted by atomic mass is 9.68. The lowest BCUT2D eigenvalue weighted by molar-refractivity contribution is -0.384. The van der Waals surface area contributed by atoms with E-state index in [4.69, 9.17) is 9.73 Å². The van der Waals surface area contributed by atoms with Crippen molar-refractivity contribution >= 4 is 28.9 Å². The molecule has 0 saturated heterocycles. The highest BCUT2D eigenvalue weighted by Gasteiger charge is 2.46. The number of carbonyl (C=O) groups excluding carboxylic acids is 2. The van der Waals surface area contributed by atoms with Crippen LogP contribution in [0.15, 0.2) is 70.4 Å². The lowest BCUT2D eigenvalue weighted by Crippen LogP contribution is -2.32. The van der Waals surface area contributed by atoms with E-state index in [0.717, 1.165) is 11.1 Å². The van der Waals surface area contributed by atoms with E-state index in [1.54, 1.807) is 12.1 Å². The number of hydrogen-bond acceptors (Lipinski definition) is 6. The smallest absolute Gasteiger partial charge is 0.308 e. The molecule has 0 saturated carbocycles. The fourth-order valence-electron chi connectivity index (χ4n) is 5.09. The summed E-state index contributed by atoms with van der Waals surface area (Å²) in [5, 5.41) is 11.5. The molecular formula is C26H22N2O5. The number of fused-ring (bicyclic) bond motifs is 3. The van der Waals surface area contributed by atoms with Gasteiger partial charge in [0.25, 0.3) is 5.69 Å². The summed E-state index contributed by atoms with van der Waals surface area (Å²) in [7, 11) is 0. The molecule has 33 heavy (non-hydrogen) atoms. The zero-order valence-electron chi connectivity index (χ0n) is 18.5. The van der Waals surface area contributed by atoms with Crippen LogP contribution >= 0.6 is 0 Å². The number of Topliss-reactive ketones (excluding diaryl/α,β-unsaturated/α-hetero) is 1. The highest BCUT2D eigenvalue weighted by atomic mass is 16.6. The van der Waals surface area contributed by atoms with E-state index in [0.29, 0.717) is 46.7 Å². The Balaban J connectivity index is 1.83. The van der Waals surface area contributed by atoms with Gasteiger partial charge in [-0.05, 0) is 17.4 Å². The molecule has 166 valence electrons. The molecule has 1 unspecified atom stereocenters. The maximum atomic E-state index is 13.4. The van der Waals surface area contributed by atoms with Gasteiger partial charge in [-0.3, -0.25) is 24.7 Å². The number of ether oxygens (including phenoxy) is 1. The first-order valence-corrected chi connectivity index (χ1v) is 10.8. The normalized spacial score (nSPS) is 20.6.